The van der Waals surface area contributed by atoms with Crippen LogP contribution in [0.4, 0.5) is 5.69 Å². The molecule has 1 aliphatic rings. The van der Waals surface area contributed by atoms with Gasteiger partial charge in [0, 0.05) is 37.9 Å². The molecule has 1 amide bonds. The second-order valence-corrected chi connectivity index (χ2v) is 10.5. The second-order valence-electron chi connectivity index (χ2n) is 8.41. The van der Waals surface area contributed by atoms with Gasteiger partial charge in [0.05, 0.1) is 17.6 Å². The number of nitrogens with one attached hydrogen (secondary N) is 2. The van der Waals surface area contributed by atoms with Crippen LogP contribution in [0, 0.1) is 0 Å². The Bertz CT molecular complexity index is 1540. The van der Waals surface area contributed by atoms with Crippen LogP contribution >= 0.6 is 0 Å². The number of nitrogens with zero attached hydrogens (tertiary/aromatic N) is 3. The van der Waals surface area contributed by atoms with E-state index in [2.05, 4.69) is 15.3 Å². The van der Waals surface area contributed by atoms with E-state index < -0.39 is 27.2 Å². The van der Waals surface area contributed by atoms with Crippen molar-refractivity contribution in [2.75, 3.05) is 26.0 Å². The molecular formula is C23H27N5O6S. The lowest BCUT2D eigenvalue weighted by molar-refractivity contribution is 0.102. The summed E-state index contributed by atoms with van der Waals surface area (Å²) in [4.78, 5) is 45.1. The number of fused-ring (bicyclic) bond motifs is 1. The van der Waals surface area contributed by atoms with Crippen molar-refractivity contribution in [1.82, 2.24) is 18.8 Å². The maximum Gasteiger partial charge on any atom is 0.329 e. The maximum absolute atomic E-state index is 13.4. The summed E-state index contributed by atoms with van der Waals surface area (Å²) >= 11 is 0. The zero-order valence-corrected chi connectivity index (χ0v) is 20.7. The van der Waals surface area contributed by atoms with E-state index in [9.17, 15) is 22.8 Å². The molecule has 2 N–H and O–H groups in total. The maximum atomic E-state index is 13.4. The highest BCUT2D eigenvalue weighted by atomic mass is 32.2. The summed E-state index contributed by atoms with van der Waals surface area (Å²) in [7, 11) is -1.06. The number of aryl methyl sites for hydroxylation is 1. The first kappa shape index (κ1) is 24.6. The number of sulfonamides is 1. The fourth-order valence-corrected chi connectivity index (χ4v) is 4.86. The summed E-state index contributed by atoms with van der Waals surface area (Å²) in [6.45, 7) is 4.01. The molecule has 1 fully saturated rings. The average Bonchev–Trinajstić information content (AvgIpc) is 3.65. The van der Waals surface area contributed by atoms with Crippen molar-refractivity contribution in [2.45, 2.75) is 44.0 Å². The Balaban J connectivity index is 1.84. The molecule has 0 aliphatic heterocycles. The van der Waals surface area contributed by atoms with Gasteiger partial charge in [-0.3, -0.25) is 19.1 Å². The summed E-state index contributed by atoms with van der Waals surface area (Å²) < 4.78 is 33.5. The van der Waals surface area contributed by atoms with Gasteiger partial charge in [0.25, 0.3) is 11.5 Å². The lowest BCUT2D eigenvalue weighted by atomic mass is 10.1. The highest BCUT2D eigenvalue weighted by Crippen LogP contribution is 2.40. The molecule has 2 aromatic heterocycles. The Morgan fingerprint density at radius 3 is 2.54 bits per heavy atom. The number of H-pyrrole nitrogens is 1. The molecule has 1 aliphatic carbocycles. The van der Waals surface area contributed by atoms with Crippen LogP contribution in [0.2, 0.25) is 0 Å². The smallest absolute Gasteiger partial charge is 0.329 e. The molecule has 11 nitrogen and oxygen atoms in total. The number of aromatic nitrogens is 3. The Kier molecular flexibility index (Phi) is 6.52. The predicted molar refractivity (Wildman–Crippen MR) is 131 cm³/mol. The third-order valence-electron chi connectivity index (χ3n) is 5.79. The van der Waals surface area contributed by atoms with Gasteiger partial charge < -0.3 is 10.1 Å². The number of carbonyl (C=O) groups excluding carboxylic acids is 1. The van der Waals surface area contributed by atoms with Gasteiger partial charge in [-0.1, -0.05) is 0 Å². The first-order valence-electron chi connectivity index (χ1n) is 11.3. The van der Waals surface area contributed by atoms with Gasteiger partial charge >= 0.3 is 5.69 Å². The molecule has 0 spiro atoms. The predicted octanol–water partition coefficient (Wildman–Crippen LogP) is 1.88. The molecule has 0 unspecified atom stereocenters. The number of ether oxygens (including phenoxy) is 1. The molecule has 0 bridgehead atoms. The largest absolute Gasteiger partial charge is 0.492 e. The van der Waals surface area contributed by atoms with E-state index in [0.717, 1.165) is 17.1 Å². The molecule has 0 saturated heterocycles. The van der Waals surface area contributed by atoms with Crippen LogP contribution in [0.15, 0.2) is 38.8 Å². The molecule has 4 rings (SSSR count). The normalized spacial score (nSPS) is 13.9. The van der Waals surface area contributed by atoms with Gasteiger partial charge in [0.15, 0.2) is 5.65 Å². The van der Waals surface area contributed by atoms with Crippen molar-refractivity contribution in [2.24, 2.45) is 0 Å². The summed E-state index contributed by atoms with van der Waals surface area (Å²) in [5, 5.41) is 2.69. The Hall–Kier alpha value is -3.51. The van der Waals surface area contributed by atoms with Crippen molar-refractivity contribution in [3.05, 3.63) is 56.4 Å². The average molecular weight is 502 g/mol. The molecule has 1 saturated carbocycles. The third kappa shape index (κ3) is 4.58. The van der Waals surface area contributed by atoms with E-state index in [1.54, 1.807) is 19.9 Å². The van der Waals surface area contributed by atoms with Crippen molar-refractivity contribution in [1.29, 1.82) is 0 Å². The minimum absolute atomic E-state index is 0.000392. The lowest BCUT2D eigenvalue weighted by Crippen LogP contribution is -2.32. The number of hydrogen-bond acceptors (Lipinski definition) is 7. The molecule has 2 heterocycles. The van der Waals surface area contributed by atoms with E-state index in [1.807, 2.05) is 0 Å². The number of amides is 1. The van der Waals surface area contributed by atoms with Crippen LogP contribution in [0.25, 0.3) is 11.0 Å². The van der Waals surface area contributed by atoms with Crippen LogP contribution < -0.4 is 21.3 Å². The lowest BCUT2D eigenvalue weighted by Gasteiger charge is -2.17. The molecule has 12 heteroatoms. The number of hydrogen-bond donors (Lipinski definition) is 2. The van der Waals surface area contributed by atoms with Gasteiger partial charge in [0.1, 0.15) is 10.6 Å². The van der Waals surface area contributed by atoms with Crippen molar-refractivity contribution in [3.8, 4) is 5.75 Å². The first-order chi connectivity index (χ1) is 16.6. The van der Waals surface area contributed by atoms with Gasteiger partial charge in [-0.25, -0.2) is 22.5 Å². The number of rotatable bonds is 8. The fourth-order valence-electron chi connectivity index (χ4n) is 3.81. The fraction of sp³-hybridized carbons (Fsp3) is 0.391. The Morgan fingerprint density at radius 1 is 1.23 bits per heavy atom. The Labute approximate surface area is 201 Å². The molecule has 35 heavy (non-hydrogen) atoms. The number of benzene rings is 1. The van der Waals surface area contributed by atoms with Gasteiger partial charge in [-0.2, -0.15) is 0 Å². The monoisotopic (exact) mass is 501 g/mol. The molecule has 1 aromatic carbocycles. The number of anilines is 1. The van der Waals surface area contributed by atoms with Crippen molar-refractivity contribution < 1.29 is 17.9 Å². The summed E-state index contributed by atoms with van der Waals surface area (Å²) in [5.74, 6) is -0.301. The standard InChI is InChI=1S/C23H27N5O6S/c1-5-28-20-19(22(30)26-23(28)31)15(12-16(25-20)13-7-8-13)21(29)24-14-9-10-17(34-6-2)18(11-14)35(32,33)27(3)4/h9-13H,5-8H2,1-4H3,(H,24,29)(H,26,30,31). The molecule has 186 valence electrons. The molecular weight excluding hydrogens is 474 g/mol. The Morgan fingerprint density at radius 2 is 1.94 bits per heavy atom. The highest BCUT2D eigenvalue weighted by molar-refractivity contribution is 7.89. The molecule has 0 radical (unpaired) electrons. The highest BCUT2D eigenvalue weighted by Gasteiger charge is 2.29. The number of carbonyl (C=O) groups is 1. The summed E-state index contributed by atoms with van der Waals surface area (Å²) in [5.41, 5.74) is -0.252. The van der Waals surface area contributed by atoms with Crippen LogP contribution in [-0.2, 0) is 16.6 Å². The minimum atomic E-state index is -3.86. The van der Waals surface area contributed by atoms with Crippen LogP contribution in [0.1, 0.15) is 48.7 Å². The second kappa shape index (κ2) is 9.27. The number of aromatic amines is 1. The first-order valence-corrected chi connectivity index (χ1v) is 12.7. The van der Waals surface area contributed by atoms with Crippen molar-refractivity contribution in [3.63, 3.8) is 0 Å². The van der Waals surface area contributed by atoms with E-state index in [4.69, 9.17) is 4.74 Å². The summed E-state index contributed by atoms with van der Waals surface area (Å²) in [6, 6.07) is 5.88. The van der Waals surface area contributed by atoms with Gasteiger partial charge in [-0.15, -0.1) is 0 Å². The molecule has 3 aromatic rings. The zero-order valence-electron chi connectivity index (χ0n) is 19.9. The van der Waals surface area contributed by atoms with Crippen LogP contribution in [-0.4, -0.2) is 53.9 Å². The zero-order chi connectivity index (χ0) is 25.5. The SMILES string of the molecule is CCOc1ccc(NC(=O)c2cc(C3CC3)nc3c2c(=O)[nH]c(=O)n3CC)cc1S(=O)(=O)N(C)C. The van der Waals surface area contributed by atoms with E-state index >= 15 is 0 Å². The quantitative estimate of drug-likeness (QED) is 0.480. The van der Waals surface area contributed by atoms with Gasteiger partial charge in [-0.05, 0) is 51.0 Å². The van der Waals surface area contributed by atoms with E-state index in [-0.39, 0.29) is 52.0 Å². The topological polar surface area (TPSA) is 143 Å². The minimum Gasteiger partial charge on any atom is -0.492 e. The van der Waals surface area contributed by atoms with Crippen LogP contribution in [0.5, 0.6) is 5.75 Å². The van der Waals surface area contributed by atoms with Gasteiger partial charge in [0.2, 0.25) is 10.0 Å². The van der Waals surface area contributed by atoms with E-state index in [0.29, 0.717) is 5.69 Å². The van der Waals surface area contributed by atoms with E-state index in [1.165, 1.54) is 36.9 Å². The summed E-state index contributed by atoms with van der Waals surface area (Å²) in [6.07, 6.45) is 1.81. The molecule has 0 atom stereocenters. The number of pyridine rings is 1. The van der Waals surface area contributed by atoms with Crippen LogP contribution in [0.3, 0.4) is 0 Å². The van der Waals surface area contributed by atoms with Crippen molar-refractivity contribution >= 4 is 32.7 Å². The third-order valence-corrected chi connectivity index (χ3v) is 7.62.